The third kappa shape index (κ3) is 654. The van der Waals surface area contributed by atoms with Gasteiger partial charge in [0.2, 0.25) is 0 Å². The summed E-state index contributed by atoms with van der Waals surface area (Å²) in [6.07, 6.45) is 0. The Bertz CT molecular complexity index is 8.49. The van der Waals surface area contributed by atoms with E-state index in [0.29, 0.717) is 0 Å². The molecule has 8 heteroatoms. The second-order valence-corrected chi connectivity index (χ2v) is 0. The molecule has 0 aliphatic carbocycles. The molecule has 12 N–H and O–H groups in total. The Labute approximate surface area is 62.7 Å². The van der Waals surface area contributed by atoms with Gasteiger partial charge in [0.05, 0.1) is 0 Å². The summed E-state index contributed by atoms with van der Waals surface area (Å²) in [7, 11) is 0. The third-order valence-electron chi connectivity index (χ3n) is 0. The van der Waals surface area contributed by atoms with E-state index >= 15 is 0 Å². The molecule has 63 valence electrons. The molecule has 0 aliphatic rings. The molecule has 1 radical (unpaired) electrons. The van der Waals surface area contributed by atoms with Crippen molar-refractivity contribution >= 4 is 12.4 Å². The van der Waals surface area contributed by atoms with Crippen molar-refractivity contribution in [2.45, 2.75) is 0 Å². The van der Waals surface area contributed by atoms with Gasteiger partial charge >= 0.3 is 16.8 Å². The molecule has 0 heterocycles. The van der Waals surface area contributed by atoms with Gasteiger partial charge < -0.3 is 32.9 Å². The van der Waals surface area contributed by atoms with Crippen LogP contribution in [0.15, 0.2) is 0 Å². The Morgan fingerprint density at radius 3 is 0.375 bits per heavy atom. The van der Waals surface area contributed by atoms with Crippen molar-refractivity contribution in [2.24, 2.45) is 0 Å². The van der Waals surface area contributed by atoms with Crippen molar-refractivity contribution in [3.8, 4) is 0 Å². The molecule has 0 saturated heterocycles. The fourth-order valence-corrected chi connectivity index (χ4v) is 0. The van der Waals surface area contributed by atoms with Crippen LogP contribution in [-0.4, -0.2) is 32.9 Å². The maximum atomic E-state index is 0. The second kappa shape index (κ2) is 1050. The minimum atomic E-state index is 0. The Hall–Kier alpha value is 0.556. The molecule has 0 rings (SSSR count). The van der Waals surface area contributed by atoms with Crippen molar-refractivity contribution in [3.05, 3.63) is 0 Å². The predicted molar refractivity (Wildman–Crippen MR) is 28.9 cm³/mol. The van der Waals surface area contributed by atoms with E-state index in [-0.39, 0.29) is 62.0 Å². The molecule has 0 fully saturated rings. The zero-order valence-electron chi connectivity index (χ0n) is 3.74. The van der Waals surface area contributed by atoms with Crippen LogP contribution in [0.3, 0.4) is 0 Å². The first kappa shape index (κ1) is 1580. The summed E-state index contributed by atoms with van der Waals surface area (Å²) in [6.45, 7) is 0. The van der Waals surface area contributed by atoms with Crippen LogP contribution in [0.1, 0.15) is 0 Å². The van der Waals surface area contributed by atoms with Crippen LogP contribution < -0.4 is 0 Å². The predicted octanol–water partition coefficient (Wildman–Crippen LogP) is -4.53. The van der Waals surface area contributed by atoms with Crippen molar-refractivity contribution in [2.75, 3.05) is 0 Å². The first-order chi connectivity index (χ1) is 0. The van der Waals surface area contributed by atoms with Crippen LogP contribution in [0.4, 0.5) is 0 Å². The van der Waals surface area contributed by atoms with Crippen LogP contribution in [0.2, 0.25) is 0 Å². The van der Waals surface area contributed by atoms with Crippen molar-refractivity contribution in [1.29, 1.82) is 0 Å². The van der Waals surface area contributed by atoms with E-state index in [2.05, 4.69) is 0 Å². The molecule has 8 heavy (non-hydrogen) atoms. The molecular weight excluding hydrogens is 190 g/mol. The molecular formula is H13ClCoO6+2. The molecule has 0 aromatic heterocycles. The number of rotatable bonds is 0. The first-order valence-electron chi connectivity index (χ1n) is 0. The summed E-state index contributed by atoms with van der Waals surface area (Å²) < 4.78 is 0. The van der Waals surface area contributed by atoms with Crippen LogP contribution in [0.5, 0.6) is 0 Å². The van der Waals surface area contributed by atoms with Crippen molar-refractivity contribution in [1.82, 2.24) is 0 Å². The molecule has 6 nitrogen and oxygen atoms in total. The van der Waals surface area contributed by atoms with Gasteiger partial charge in [-0.15, -0.1) is 12.4 Å². The Kier molecular flexibility index (Phi) is 207000. The van der Waals surface area contributed by atoms with Crippen molar-refractivity contribution in [3.63, 3.8) is 0 Å². The minimum absolute atomic E-state index is 0. The normalized spacial score (nSPS) is 0. The van der Waals surface area contributed by atoms with Gasteiger partial charge in [-0.3, -0.25) is 0 Å². The average Bonchev–Trinajstić information content (AvgIpc) is 0. The van der Waals surface area contributed by atoms with Crippen molar-refractivity contribution < 1.29 is 49.6 Å². The number of hydrogen-bond acceptors (Lipinski definition) is 0. The smallest absolute Gasteiger partial charge is 0.412 e. The van der Waals surface area contributed by atoms with E-state index < -0.39 is 0 Å². The third-order valence-corrected chi connectivity index (χ3v) is 0. The largest absolute Gasteiger partial charge is 2.00 e. The zero-order chi connectivity index (χ0) is 0. The van der Waals surface area contributed by atoms with Gasteiger partial charge in [-0.05, 0) is 0 Å². The quantitative estimate of drug-likeness (QED) is 0.367. The van der Waals surface area contributed by atoms with Gasteiger partial charge in [0.25, 0.3) is 0 Å². The molecule has 0 amide bonds. The fraction of sp³-hybridized carbons (Fsp3) is 0. The Morgan fingerprint density at radius 2 is 0.375 bits per heavy atom. The SMILES string of the molecule is Cl.O.O.O.O.O.O.[Co+2]. The summed E-state index contributed by atoms with van der Waals surface area (Å²) >= 11 is 0. The topological polar surface area (TPSA) is 189 Å². The maximum Gasteiger partial charge on any atom is 2.00 e. The van der Waals surface area contributed by atoms with E-state index in [4.69, 9.17) is 0 Å². The standard InChI is InChI=1S/ClH.Co.6H2O/h1H;;6*1H2/q;+2;;;;;;. The summed E-state index contributed by atoms with van der Waals surface area (Å²) in [5.41, 5.74) is 0. The molecule has 0 unspecified atom stereocenters. The summed E-state index contributed by atoms with van der Waals surface area (Å²) in [5, 5.41) is 0. The molecule has 0 atom stereocenters. The molecule has 0 spiro atoms. The summed E-state index contributed by atoms with van der Waals surface area (Å²) in [6, 6.07) is 0. The fourth-order valence-electron chi connectivity index (χ4n) is 0. The number of halogens is 1. The van der Waals surface area contributed by atoms with Crippen LogP contribution in [0, 0.1) is 0 Å². The van der Waals surface area contributed by atoms with E-state index in [1.165, 1.54) is 0 Å². The second-order valence-electron chi connectivity index (χ2n) is 0. The van der Waals surface area contributed by atoms with Gasteiger partial charge in [0.15, 0.2) is 0 Å². The Balaban J connectivity index is 0. The molecule has 0 aliphatic heterocycles. The summed E-state index contributed by atoms with van der Waals surface area (Å²) in [5.74, 6) is 0. The Morgan fingerprint density at radius 1 is 0.375 bits per heavy atom. The molecule has 0 aromatic rings. The van der Waals surface area contributed by atoms with E-state index in [0.717, 1.165) is 0 Å². The van der Waals surface area contributed by atoms with Gasteiger partial charge in [-0.1, -0.05) is 0 Å². The van der Waals surface area contributed by atoms with Gasteiger partial charge in [0.1, 0.15) is 0 Å². The van der Waals surface area contributed by atoms with Crippen LogP contribution >= 0.6 is 12.4 Å². The minimum Gasteiger partial charge on any atom is -0.412 e. The van der Waals surface area contributed by atoms with E-state index in [1.54, 1.807) is 0 Å². The molecule has 0 bridgehead atoms. The van der Waals surface area contributed by atoms with Crippen LogP contribution in [-0.2, 0) is 16.8 Å². The summed E-state index contributed by atoms with van der Waals surface area (Å²) in [4.78, 5) is 0. The van der Waals surface area contributed by atoms with E-state index in [9.17, 15) is 0 Å². The van der Waals surface area contributed by atoms with Gasteiger partial charge in [-0.25, -0.2) is 0 Å². The van der Waals surface area contributed by atoms with E-state index in [1.807, 2.05) is 0 Å². The number of hydrogen-bond donors (Lipinski definition) is 0. The maximum absolute atomic E-state index is 0. The molecule has 0 saturated carbocycles. The van der Waals surface area contributed by atoms with Gasteiger partial charge in [-0.2, -0.15) is 0 Å². The van der Waals surface area contributed by atoms with Gasteiger partial charge in [0, 0.05) is 0 Å². The average molecular weight is 203 g/mol. The zero-order valence-corrected chi connectivity index (χ0v) is 5.60. The monoisotopic (exact) mass is 203 g/mol. The van der Waals surface area contributed by atoms with Crippen LogP contribution in [0.25, 0.3) is 0 Å². The molecule has 0 aromatic carbocycles. The first-order valence-corrected chi connectivity index (χ1v) is 0.